The second-order valence-corrected chi connectivity index (χ2v) is 12.9. The van der Waals surface area contributed by atoms with Crippen molar-refractivity contribution in [1.29, 1.82) is 0 Å². The van der Waals surface area contributed by atoms with Crippen LogP contribution < -0.4 is 0 Å². The number of rotatable bonds is 15. The zero-order valence-electron chi connectivity index (χ0n) is 27.4. The fraction of sp³-hybridized carbons (Fsp3) is 1.00. The van der Waals surface area contributed by atoms with Gasteiger partial charge in [-0.25, -0.2) is 0 Å². The molecule has 306 valence electrons. The van der Waals surface area contributed by atoms with Crippen LogP contribution in [0.2, 0.25) is 0 Å². The van der Waals surface area contributed by atoms with Gasteiger partial charge in [0.2, 0.25) is 0 Å². The summed E-state index contributed by atoms with van der Waals surface area (Å²) in [4.78, 5) is 0. The van der Waals surface area contributed by atoms with E-state index >= 15 is 0 Å². The molecule has 4 aliphatic heterocycles. The minimum atomic E-state index is -2.16. The Morgan fingerprint density at radius 3 is 1.48 bits per heavy atom. The number of ether oxygens (including phenoxy) is 8. The molecule has 0 amide bonds. The second-order valence-electron chi connectivity index (χ2n) is 12.9. The van der Waals surface area contributed by atoms with Crippen LogP contribution in [0.3, 0.4) is 0 Å². The monoisotopic (exact) mass is 770 g/mol. The highest BCUT2D eigenvalue weighted by Crippen LogP contribution is 2.32. The maximum absolute atomic E-state index is 11.2. The fourth-order valence-corrected chi connectivity index (χ4v) is 5.86. The van der Waals surface area contributed by atoms with Gasteiger partial charge in [-0.3, -0.25) is 0 Å². The topological polar surface area (TPSA) is 398 Å². The highest BCUT2D eigenvalue weighted by molar-refractivity contribution is 4.96. The average molecular weight is 771 g/mol. The van der Waals surface area contributed by atoms with E-state index < -0.39 is 175 Å². The van der Waals surface area contributed by atoms with Gasteiger partial charge in [0.15, 0.2) is 25.2 Å². The SMILES string of the molecule is OC[C@@H](O)[C@@H](O[C@@H]1O[C@H](CO[C@H]2OC[C@@H](O)[C@H](O)[C@H]2O)[C@@H](O[C@@H]2O[C@H](CO[C@H]3OC[C@@H](O)[C@H](O)[C@H]3O)[C@@H](O)[C@H](O)[C@H]2O)[C@H](O)[C@H]1O)[C@H](O)[C@@H](O)CO. The first-order valence-electron chi connectivity index (χ1n) is 16.3. The zero-order valence-corrected chi connectivity index (χ0v) is 27.4. The van der Waals surface area contributed by atoms with E-state index in [1.165, 1.54) is 0 Å². The third-order valence-electron chi connectivity index (χ3n) is 9.13. The molecule has 0 aromatic rings. The molecule has 0 radical (unpaired) electrons. The van der Waals surface area contributed by atoms with Crippen LogP contribution in [0.25, 0.3) is 0 Å². The first-order valence-corrected chi connectivity index (χ1v) is 16.3. The zero-order chi connectivity index (χ0) is 38.6. The minimum absolute atomic E-state index is 0.427. The largest absolute Gasteiger partial charge is 0.394 e. The fourth-order valence-electron chi connectivity index (χ4n) is 5.86. The molecular weight excluding hydrogens is 720 g/mol. The van der Waals surface area contributed by atoms with Gasteiger partial charge < -0.3 is 120 Å². The van der Waals surface area contributed by atoms with E-state index in [2.05, 4.69) is 0 Å². The molecule has 0 unspecified atom stereocenters. The van der Waals surface area contributed by atoms with Crippen molar-refractivity contribution in [2.75, 3.05) is 39.6 Å². The summed E-state index contributed by atoms with van der Waals surface area (Å²) in [6.45, 7) is -4.45. The quantitative estimate of drug-likeness (QED) is 0.0735. The standard InChI is InChI=1S/C28H50O24/c29-1-7(31)15(37)23(8(32)2-30)51-28-22(44)18(40)24(12(50-28)6-48-26-20(42)14(36)10(34)4-46-26)52-27-21(43)17(39)16(38)11(49-27)5-47-25-19(41)13(35)9(33)3-45-25/h7-44H,1-6H2/t7-,8+,9+,10+,11+,12+,13-,14-,15+,16+,17-,18+,19+,20+,21+,22+,23+,24+,25+,26+,27-,28-/m0/s1. The van der Waals surface area contributed by atoms with Crippen molar-refractivity contribution < 1.29 is 120 Å². The summed E-state index contributed by atoms with van der Waals surface area (Å²) in [7, 11) is 0. The van der Waals surface area contributed by atoms with Gasteiger partial charge in [-0.1, -0.05) is 0 Å². The van der Waals surface area contributed by atoms with Crippen molar-refractivity contribution in [1.82, 2.24) is 0 Å². The third kappa shape index (κ3) is 9.88. The number of hydrogen-bond donors (Lipinski definition) is 16. The summed E-state index contributed by atoms with van der Waals surface area (Å²) in [6.07, 6.45) is -40.2. The Bertz CT molecular complexity index is 1060. The average Bonchev–Trinajstić information content (AvgIpc) is 3.13. The number of hydrogen-bond acceptors (Lipinski definition) is 24. The highest BCUT2D eigenvalue weighted by atomic mass is 16.8. The lowest BCUT2D eigenvalue weighted by Crippen LogP contribution is -2.66. The third-order valence-corrected chi connectivity index (χ3v) is 9.13. The van der Waals surface area contributed by atoms with E-state index in [1.54, 1.807) is 0 Å². The molecule has 4 rings (SSSR count). The van der Waals surface area contributed by atoms with E-state index in [1.807, 2.05) is 0 Å². The Morgan fingerprint density at radius 2 is 0.962 bits per heavy atom. The predicted molar refractivity (Wildman–Crippen MR) is 157 cm³/mol. The molecule has 22 atom stereocenters. The Balaban J connectivity index is 1.53. The van der Waals surface area contributed by atoms with Crippen LogP contribution in [0.4, 0.5) is 0 Å². The van der Waals surface area contributed by atoms with Crippen LogP contribution in [0.1, 0.15) is 0 Å². The lowest BCUT2D eigenvalue weighted by molar-refractivity contribution is -0.375. The Morgan fingerprint density at radius 1 is 0.500 bits per heavy atom. The lowest BCUT2D eigenvalue weighted by Gasteiger charge is -2.47. The molecule has 4 aliphatic rings. The molecule has 24 nitrogen and oxygen atoms in total. The van der Waals surface area contributed by atoms with Gasteiger partial charge in [-0.05, 0) is 0 Å². The van der Waals surface area contributed by atoms with Gasteiger partial charge in [0, 0.05) is 0 Å². The van der Waals surface area contributed by atoms with Gasteiger partial charge in [0.05, 0.1) is 39.6 Å². The first-order chi connectivity index (χ1) is 24.5. The van der Waals surface area contributed by atoms with Gasteiger partial charge in [0.25, 0.3) is 0 Å². The molecule has 0 saturated carbocycles. The molecule has 52 heavy (non-hydrogen) atoms. The maximum Gasteiger partial charge on any atom is 0.187 e. The molecule has 24 heteroatoms. The normalized spacial score (nSPS) is 47.1. The summed E-state index contributed by atoms with van der Waals surface area (Å²) in [5.74, 6) is 0. The Kier molecular flexibility index (Phi) is 16.2. The molecule has 0 aliphatic carbocycles. The first kappa shape index (κ1) is 43.8. The van der Waals surface area contributed by atoms with Crippen molar-refractivity contribution in [2.45, 2.75) is 135 Å². The van der Waals surface area contributed by atoms with Crippen molar-refractivity contribution in [2.24, 2.45) is 0 Å². The van der Waals surface area contributed by atoms with Gasteiger partial charge in [-0.15, -0.1) is 0 Å². The highest BCUT2D eigenvalue weighted by Gasteiger charge is 2.53. The Labute approximate surface area is 294 Å². The van der Waals surface area contributed by atoms with Crippen molar-refractivity contribution in [3.8, 4) is 0 Å². The molecule has 0 aromatic heterocycles. The second kappa shape index (κ2) is 19.3. The van der Waals surface area contributed by atoms with Crippen LogP contribution >= 0.6 is 0 Å². The van der Waals surface area contributed by atoms with Crippen molar-refractivity contribution in [3.05, 3.63) is 0 Å². The van der Waals surface area contributed by atoms with E-state index in [0.717, 1.165) is 0 Å². The molecule has 0 bridgehead atoms. The molecule has 0 spiro atoms. The van der Waals surface area contributed by atoms with Crippen LogP contribution in [0.5, 0.6) is 0 Å². The van der Waals surface area contributed by atoms with E-state index in [0.29, 0.717) is 0 Å². The van der Waals surface area contributed by atoms with Crippen LogP contribution in [-0.4, -0.2) is 256 Å². The Hall–Kier alpha value is -0.960. The summed E-state index contributed by atoms with van der Waals surface area (Å²) in [6, 6.07) is 0. The minimum Gasteiger partial charge on any atom is -0.394 e. The summed E-state index contributed by atoms with van der Waals surface area (Å²) >= 11 is 0. The molecular formula is C28H50O24. The van der Waals surface area contributed by atoms with Gasteiger partial charge in [-0.2, -0.15) is 0 Å². The van der Waals surface area contributed by atoms with Crippen molar-refractivity contribution in [3.63, 3.8) is 0 Å². The number of aliphatic hydroxyl groups excluding tert-OH is 16. The van der Waals surface area contributed by atoms with Crippen LogP contribution in [-0.2, 0) is 37.9 Å². The van der Waals surface area contributed by atoms with E-state index in [-0.39, 0.29) is 0 Å². The van der Waals surface area contributed by atoms with E-state index in [4.69, 9.17) is 37.9 Å². The summed E-state index contributed by atoms with van der Waals surface area (Å²) in [5, 5.41) is 163. The van der Waals surface area contributed by atoms with E-state index in [9.17, 15) is 81.7 Å². The number of aliphatic hydroxyl groups is 16. The predicted octanol–water partition coefficient (Wildman–Crippen LogP) is -11.0. The van der Waals surface area contributed by atoms with Gasteiger partial charge in [0.1, 0.15) is 110 Å². The smallest absolute Gasteiger partial charge is 0.187 e. The maximum atomic E-state index is 11.2. The summed E-state index contributed by atoms with van der Waals surface area (Å²) in [5.41, 5.74) is 0. The lowest BCUT2D eigenvalue weighted by atomic mass is 9.96. The summed E-state index contributed by atoms with van der Waals surface area (Å²) < 4.78 is 43.7. The molecule has 4 fully saturated rings. The molecule has 4 heterocycles. The molecule has 0 aromatic carbocycles. The van der Waals surface area contributed by atoms with Crippen LogP contribution in [0.15, 0.2) is 0 Å². The van der Waals surface area contributed by atoms with Crippen LogP contribution in [0, 0.1) is 0 Å². The van der Waals surface area contributed by atoms with Gasteiger partial charge >= 0.3 is 0 Å². The molecule has 4 saturated heterocycles. The molecule has 16 N–H and O–H groups in total. The van der Waals surface area contributed by atoms with Crippen molar-refractivity contribution >= 4 is 0 Å².